The molecule has 2 aromatic rings. The van der Waals surface area contributed by atoms with Crippen LogP contribution >= 0.6 is 0 Å². The Hall–Kier alpha value is -1.68. The molecule has 0 aliphatic carbocycles. The molecule has 1 N–H and O–H groups in total. The number of hydrogen-bond donors (Lipinski definition) is 1. The summed E-state index contributed by atoms with van der Waals surface area (Å²) >= 11 is 0. The molecule has 84 valence electrons. The normalized spacial score (nSPS) is 10.7. The number of aromatic nitrogens is 2. The lowest BCUT2D eigenvalue weighted by atomic mass is 10.2. The maximum absolute atomic E-state index is 5.26. The summed E-state index contributed by atoms with van der Waals surface area (Å²) in [7, 11) is 1.90. The van der Waals surface area contributed by atoms with Crippen LogP contribution in [0.5, 0.6) is 0 Å². The number of nitrogens with one attached hydrogen (secondary N) is 1. The van der Waals surface area contributed by atoms with Crippen LogP contribution in [0, 0.1) is 13.8 Å². The van der Waals surface area contributed by atoms with Crippen LogP contribution in [-0.4, -0.2) is 17.0 Å². The Morgan fingerprint density at radius 1 is 1.31 bits per heavy atom. The van der Waals surface area contributed by atoms with Crippen LogP contribution in [0.1, 0.15) is 17.1 Å². The van der Waals surface area contributed by atoms with E-state index in [0.29, 0.717) is 0 Å². The van der Waals surface area contributed by atoms with Crippen molar-refractivity contribution in [1.82, 2.24) is 15.3 Å². The van der Waals surface area contributed by atoms with E-state index in [1.165, 1.54) is 0 Å². The Balaban J connectivity index is 2.45. The molecule has 0 radical (unpaired) electrons. The first-order valence-electron chi connectivity index (χ1n) is 5.24. The van der Waals surface area contributed by atoms with Gasteiger partial charge in [-0.3, -0.25) is 0 Å². The largest absolute Gasteiger partial charge is 0.469 e. The lowest BCUT2D eigenvalue weighted by molar-refractivity contribution is 0.535. The van der Waals surface area contributed by atoms with E-state index in [0.717, 1.165) is 35.1 Å². The van der Waals surface area contributed by atoms with Crippen molar-refractivity contribution in [3.63, 3.8) is 0 Å². The predicted molar refractivity (Wildman–Crippen MR) is 62.0 cm³/mol. The highest BCUT2D eigenvalue weighted by molar-refractivity contribution is 5.57. The summed E-state index contributed by atoms with van der Waals surface area (Å²) in [6.45, 7) is 4.63. The van der Waals surface area contributed by atoms with Gasteiger partial charge in [0.15, 0.2) is 5.82 Å². The molecular weight excluding hydrogens is 202 g/mol. The molecule has 2 rings (SSSR count). The lowest BCUT2D eigenvalue weighted by Crippen LogP contribution is -2.08. The van der Waals surface area contributed by atoms with Gasteiger partial charge < -0.3 is 9.73 Å². The molecule has 16 heavy (non-hydrogen) atoms. The van der Waals surface area contributed by atoms with E-state index >= 15 is 0 Å². The van der Waals surface area contributed by atoms with Gasteiger partial charge in [0.25, 0.3) is 0 Å². The summed E-state index contributed by atoms with van der Waals surface area (Å²) in [4.78, 5) is 8.91. The standard InChI is InChI=1S/C12H15N3O/c1-8-6-10(7-13-3)15-12(14-8)11-4-5-16-9(11)2/h4-6,13H,7H2,1-3H3. The predicted octanol–water partition coefficient (Wildman–Crippen LogP) is 2.07. The second kappa shape index (κ2) is 4.45. The number of nitrogens with zero attached hydrogens (tertiary/aromatic N) is 2. The Morgan fingerprint density at radius 2 is 2.12 bits per heavy atom. The molecule has 0 atom stereocenters. The molecule has 0 aliphatic heterocycles. The van der Waals surface area contributed by atoms with Crippen LogP contribution in [0.2, 0.25) is 0 Å². The topological polar surface area (TPSA) is 51.0 Å². The Labute approximate surface area is 94.7 Å². The van der Waals surface area contributed by atoms with Crippen molar-refractivity contribution >= 4 is 0 Å². The first-order chi connectivity index (χ1) is 7.70. The summed E-state index contributed by atoms with van der Waals surface area (Å²) < 4.78 is 5.26. The molecule has 2 heterocycles. The van der Waals surface area contributed by atoms with Crippen LogP contribution in [0.4, 0.5) is 0 Å². The molecule has 0 aromatic carbocycles. The maximum Gasteiger partial charge on any atom is 0.163 e. The zero-order valence-electron chi connectivity index (χ0n) is 9.74. The second-order valence-electron chi connectivity index (χ2n) is 3.75. The third kappa shape index (κ3) is 2.12. The molecule has 0 aliphatic rings. The SMILES string of the molecule is CNCc1cc(C)nc(-c2ccoc2C)n1. The van der Waals surface area contributed by atoms with Gasteiger partial charge in [0.05, 0.1) is 17.5 Å². The monoisotopic (exact) mass is 217 g/mol. The average molecular weight is 217 g/mol. The minimum atomic E-state index is 0.733. The summed E-state index contributed by atoms with van der Waals surface area (Å²) in [5.41, 5.74) is 2.92. The minimum Gasteiger partial charge on any atom is -0.469 e. The summed E-state index contributed by atoms with van der Waals surface area (Å²) in [5, 5.41) is 3.08. The van der Waals surface area contributed by atoms with Crippen LogP contribution in [-0.2, 0) is 6.54 Å². The minimum absolute atomic E-state index is 0.733. The quantitative estimate of drug-likeness (QED) is 0.855. The Bertz CT molecular complexity index is 491. The third-order valence-corrected chi connectivity index (χ3v) is 2.36. The first-order valence-corrected chi connectivity index (χ1v) is 5.24. The highest BCUT2D eigenvalue weighted by Crippen LogP contribution is 2.21. The van der Waals surface area contributed by atoms with E-state index in [4.69, 9.17) is 4.42 Å². The van der Waals surface area contributed by atoms with Crippen molar-refractivity contribution in [2.75, 3.05) is 7.05 Å². The van der Waals surface area contributed by atoms with Gasteiger partial charge in [-0.25, -0.2) is 9.97 Å². The summed E-state index contributed by atoms with van der Waals surface area (Å²) in [6, 6.07) is 3.88. The van der Waals surface area contributed by atoms with Gasteiger partial charge in [0, 0.05) is 12.2 Å². The van der Waals surface area contributed by atoms with E-state index < -0.39 is 0 Å². The first kappa shape index (κ1) is 10.8. The fourth-order valence-corrected chi connectivity index (χ4v) is 1.64. The highest BCUT2D eigenvalue weighted by atomic mass is 16.3. The fourth-order valence-electron chi connectivity index (χ4n) is 1.64. The molecule has 0 bridgehead atoms. The number of rotatable bonds is 3. The molecule has 0 amide bonds. The van der Waals surface area contributed by atoms with Crippen molar-refractivity contribution in [3.8, 4) is 11.4 Å². The smallest absolute Gasteiger partial charge is 0.163 e. The highest BCUT2D eigenvalue weighted by Gasteiger charge is 2.09. The molecule has 0 fully saturated rings. The zero-order valence-corrected chi connectivity index (χ0v) is 9.74. The molecule has 0 saturated heterocycles. The van der Waals surface area contributed by atoms with E-state index in [-0.39, 0.29) is 0 Å². The molecule has 4 heteroatoms. The van der Waals surface area contributed by atoms with Gasteiger partial charge in [-0.05, 0) is 33.0 Å². The van der Waals surface area contributed by atoms with Gasteiger partial charge in [-0.1, -0.05) is 0 Å². The van der Waals surface area contributed by atoms with Crippen molar-refractivity contribution in [2.45, 2.75) is 20.4 Å². The average Bonchev–Trinajstić information content (AvgIpc) is 2.64. The molecular formula is C12H15N3O. The molecule has 0 saturated carbocycles. The van der Waals surface area contributed by atoms with Gasteiger partial charge in [-0.2, -0.15) is 0 Å². The van der Waals surface area contributed by atoms with Crippen LogP contribution < -0.4 is 5.32 Å². The lowest BCUT2D eigenvalue weighted by Gasteiger charge is -2.04. The van der Waals surface area contributed by atoms with Crippen LogP contribution in [0.15, 0.2) is 22.8 Å². The summed E-state index contributed by atoms with van der Waals surface area (Å²) in [5.74, 6) is 1.58. The van der Waals surface area contributed by atoms with Crippen molar-refractivity contribution in [2.24, 2.45) is 0 Å². The fraction of sp³-hybridized carbons (Fsp3) is 0.333. The zero-order chi connectivity index (χ0) is 11.5. The Kier molecular flexibility index (Phi) is 3.01. The maximum atomic E-state index is 5.26. The van der Waals surface area contributed by atoms with Crippen LogP contribution in [0.3, 0.4) is 0 Å². The number of furan rings is 1. The van der Waals surface area contributed by atoms with Crippen molar-refractivity contribution in [3.05, 3.63) is 35.5 Å². The third-order valence-electron chi connectivity index (χ3n) is 2.36. The molecule has 4 nitrogen and oxygen atoms in total. The van der Waals surface area contributed by atoms with Crippen molar-refractivity contribution < 1.29 is 4.42 Å². The molecule has 0 unspecified atom stereocenters. The van der Waals surface area contributed by atoms with E-state index in [1.54, 1.807) is 6.26 Å². The summed E-state index contributed by atoms with van der Waals surface area (Å²) in [6.07, 6.45) is 1.66. The number of aryl methyl sites for hydroxylation is 2. The van der Waals surface area contributed by atoms with Gasteiger partial charge in [0.1, 0.15) is 5.76 Å². The Morgan fingerprint density at radius 3 is 2.75 bits per heavy atom. The van der Waals surface area contributed by atoms with E-state index in [9.17, 15) is 0 Å². The number of hydrogen-bond acceptors (Lipinski definition) is 4. The van der Waals surface area contributed by atoms with Crippen LogP contribution in [0.25, 0.3) is 11.4 Å². The van der Waals surface area contributed by atoms with E-state index in [2.05, 4.69) is 15.3 Å². The van der Waals surface area contributed by atoms with E-state index in [1.807, 2.05) is 33.0 Å². The molecule has 2 aromatic heterocycles. The van der Waals surface area contributed by atoms with Crippen molar-refractivity contribution in [1.29, 1.82) is 0 Å². The molecule has 0 spiro atoms. The van der Waals surface area contributed by atoms with Gasteiger partial charge in [-0.15, -0.1) is 0 Å². The van der Waals surface area contributed by atoms with Gasteiger partial charge in [0.2, 0.25) is 0 Å². The van der Waals surface area contributed by atoms with Gasteiger partial charge >= 0.3 is 0 Å². The second-order valence-corrected chi connectivity index (χ2v) is 3.75.